The van der Waals surface area contributed by atoms with Crippen LogP contribution in [0.4, 0.5) is 0 Å². The number of hydrogen-bond acceptors (Lipinski definition) is 3. The highest BCUT2D eigenvalue weighted by Crippen LogP contribution is 2.24. The van der Waals surface area contributed by atoms with Crippen molar-refractivity contribution in [1.29, 1.82) is 0 Å². The predicted molar refractivity (Wildman–Crippen MR) is 116 cm³/mol. The first-order chi connectivity index (χ1) is 13.8. The van der Waals surface area contributed by atoms with Gasteiger partial charge in [-0.2, -0.15) is 0 Å². The molecule has 2 heterocycles. The second-order valence-corrected chi connectivity index (χ2v) is 7.42. The SMILES string of the molecule is CN=C(NCCCCn1ccnc1C)NCC(c1ccccc1)N1CCCC1. The highest BCUT2D eigenvalue weighted by molar-refractivity contribution is 5.79. The summed E-state index contributed by atoms with van der Waals surface area (Å²) >= 11 is 0. The van der Waals surface area contributed by atoms with Gasteiger partial charge in [-0.15, -0.1) is 0 Å². The number of hydrogen-bond donors (Lipinski definition) is 2. The Morgan fingerprint density at radius 3 is 2.61 bits per heavy atom. The molecule has 1 saturated heterocycles. The minimum absolute atomic E-state index is 0.395. The van der Waals surface area contributed by atoms with Gasteiger partial charge in [-0.25, -0.2) is 4.98 Å². The van der Waals surface area contributed by atoms with Crippen molar-refractivity contribution in [2.75, 3.05) is 33.2 Å². The molecule has 1 aliphatic heterocycles. The second-order valence-electron chi connectivity index (χ2n) is 7.42. The van der Waals surface area contributed by atoms with Crippen molar-refractivity contribution in [2.24, 2.45) is 4.99 Å². The fraction of sp³-hybridized carbons (Fsp3) is 0.545. The maximum absolute atomic E-state index is 4.40. The number of aliphatic imine (C=N–C) groups is 1. The molecule has 0 bridgehead atoms. The molecule has 1 fully saturated rings. The summed E-state index contributed by atoms with van der Waals surface area (Å²) < 4.78 is 2.20. The lowest BCUT2D eigenvalue weighted by Gasteiger charge is -2.29. The van der Waals surface area contributed by atoms with Crippen molar-refractivity contribution in [3.05, 3.63) is 54.1 Å². The fourth-order valence-electron chi connectivity index (χ4n) is 3.85. The number of rotatable bonds is 9. The van der Waals surface area contributed by atoms with E-state index in [0.29, 0.717) is 6.04 Å². The van der Waals surface area contributed by atoms with Crippen molar-refractivity contribution < 1.29 is 0 Å². The van der Waals surface area contributed by atoms with E-state index >= 15 is 0 Å². The molecule has 0 radical (unpaired) electrons. The molecule has 1 unspecified atom stereocenters. The summed E-state index contributed by atoms with van der Waals surface area (Å²) in [4.78, 5) is 11.3. The Morgan fingerprint density at radius 2 is 1.93 bits per heavy atom. The maximum Gasteiger partial charge on any atom is 0.191 e. The normalized spacial score (nSPS) is 16.3. The number of unbranched alkanes of at least 4 members (excludes halogenated alkanes) is 1. The summed E-state index contributed by atoms with van der Waals surface area (Å²) in [6.07, 6.45) is 8.74. The molecule has 2 N–H and O–H groups in total. The molecule has 28 heavy (non-hydrogen) atoms. The first-order valence-electron chi connectivity index (χ1n) is 10.5. The molecule has 1 atom stereocenters. The summed E-state index contributed by atoms with van der Waals surface area (Å²) in [6.45, 7) is 7.23. The molecule has 1 aromatic carbocycles. The lowest BCUT2D eigenvalue weighted by atomic mass is 10.1. The van der Waals surface area contributed by atoms with Crippen LogP contribution in [-0.4, -0.2) is 53.6 Å². The Hall–Kier alpha value is -2.34. The number of aryl methyl sites for hydroxylation is 2. The zero-order valence-corrected chi connectivity index (χ0v) is 17.3. The number of nitrogens with zero attached hydrogens (tertiary/aromatic N) is 4. The molecular weight excluding hydrogens is 348 g/mol. The van der Waals surface area contributed by atoms with Gasteiger partial charge < -0.3 is 15.2 Å². The second kappa shape index (κ2) is 10.9. The molecule has 6 heteroatoms. The largest absolute Gasteiger partial charge is 0.356 e. The van der Waals surface area contributed by atoms with Gasteiger partial charge in [0.25, 0.3) is 0 Å². The molecule has 0 amide bonds. The standard InChI is InChI=1S/C22H34N6/c1-19-24-13-17-27(19)14-7-6-12-25-22(23-2)26-18-21(28-15-8-9-16-28)20-10-4-3-5-11-20/h3-5,10-11,13,17,21H,6-9,12,14-16,18H2,1-2H3,(H2,23,25,26). The van der Waals surface area contributed by atoms with E-state index in [1.165, 1.54) is 31.5 Å². The Labute approximate surface area is 169 Å². The minimum Gasteiger partial charge on any atom is -0.356 e. The molecule has 3 rings (SSSR count). The number of aromatic nitrogens is 2. The highest BCUT2D eigenvalue weighted by atomic mass is 15.2. The van der Waals surface area contributed by atoms with Gasteiger partial charge in [0.15, 0.2) is 5.96 Å². The van der Waals surface area contributed by atoms with E-state index in [9.17, 15) is 0 Å². The third-order valence-corrected chi connectivity index (χ3v) is 5.49. The molecule has 1 aliphatic rings. The average molecular weight is 383 g/mol. The van der Waals surface area contributed by atoms with Crippen LogP contribution in [0.15, 0.2) is 47.7 Å². The van der Waals surface area contributed by atoms with Crippen LogP contribution in [0.25, 0.3) is 0 Å². The van der Waals surface area contributed by atoms with Gasteiger partial charge >= 0.3 is 0 Å². The van der Waals surface area contributed by atoms with E-state index in [0.717, 1.165) is 44.3 Å². The van der Waals surface area contributed by atoms with Gasteiger partial charge in [0, 0.05) is 39.1 Å². The quantitative estimate of drug-likeness (QED) is 0.398. The van der Waals surface area contributed by atoms with E-state index in [4.69, 9.17) is 0 Å². The zero-order chi connectivity index (χ0) is 19.6. The van der Waals surface area contributed by atoms with E-state index in [2.05, 4.69) is 60.4 Å². The van der Waals surface area contributed by atoms with Gasteiger partial charge in [-0.05, 0) is 51.3 Å². The van der Waals surface area contributed by atoms with Crippen molar-refractivity contribution in [2.45, 2.75) is 45.2 Å². The molecule has 6 nitrogen and oxygen atoms in total. The number of nitrogens with one attached hydrogen (secondary N) is 2. The van der Waals surface area contributed by atoms with Crippen LogP contribution in [0.1, 0.15) is 43.1 Å². The summed E-state index contributed by atoms with van der Waals surface area (Å²) in [5.74, 6) is 1.97. The Kier molecular flexibility index (Phi) is 7.91. The van der Waals surface area contributed by atoms with Crippen LogP contribution in [0.3, 0.4) is 0 Å². The number of guanidine groups is 1. The monoisotopic (exact) mass is 382 g/mol. The molecule has 152 valence electrons. The maximum atomic E-state index is 4.40. The van der Waals surface area contributed by atoms with Gasteiger partial charge in [-0.1, -0.05) is 30.3 Å². The molecule has 1 aromatic heterocycles. The first-order valence-corrected chi connectivity index (χ1v) is 10.5. The van der Waals surface area contributed by atoms with E-state index in [-0.39, 0.29) is 0 Å². The van der Waals surface area contributed by atoms with Crippen LogP contribution < -0.4 is 10.6 Å². The van der Waals surface area contributed by atoms with Crippen molar-refractivity contribution in [1.82, 2.24) is 25.1 Å². The average Bonchev–Trinajstić information content (AvgIpc) is 3.39. The smallest absolute Gasteiger partial charge is 0.191 e. The van der Waals surface area contributed by atoms with Gasteiger partial charge in [-0.3, -0.25) is 9.89 Å². The lowest BCUT2D eigenvalue weighted by Crippen LogP contribution is -2.43. The summed E-state index contributed by atoms with van der Waals surface area (Å²) in [7, 11) is 1.84. The van der Waals surface area contributed by atoms with Crippen LogP contribution >= 0.6 is 0 Å². The molecular formula is C22H34N6. The zero-order valence-electron chi connectivity index (χ0n) is 17.3. The van der Waals surface area contributed by atoms with E-state index < -0.39 is 0 Å². The van der Waals surface area contributed by atoms with Crippen LogP contribution in [0, 0.1) is 6.92 Å². The van der Waals surface area contributed by atoms with E-state index in [1.807, 2.05) is 26.4 Å². The fourth-order valence-corrected chi connectivity index (χ4v) is 3.85. The first kappa shape index (κ1) is 20.4. The van der Waals surface area contributed by atoms with Crippen LogP contribution in [-0.2, 0) is 6.54 Å². The molecule has 0 aliphatic carbocycles. The molecule has 0 saturated carbocycles. The Bertz CT molecular complexity index is 718. The van der Waals surface area contributed by atoms with Crippen LogP contribution in [0.2, 0.25) is 0 Å². The lowest BCUT2D eigenvalue weighted by molar-refractivity contribution is 0.245. The predicted octanol–water partition coefficient (Wildman–Crippen LogP) is 2.97. The van der Waals surface area contributed by atoms with Gasteiger partial charge in [0.2, 0.25) is 0 Å². The summed E-state index contributed by atoms with van der Waals surface area (Å²) in [6, 6.07) is 11.2. The number of imidazole rings is 1. The third kappa shape index (κ3) is 5.83. The van der Waals surface area contributed by atoms with Crippen molar-refractivity contribution >= 4 is 5.96 Å². The molecule has 2 aromatic rings. The number of likely N-dealkylation sites (tertiary alicyclic amines) is 1. The molecule has 0 spiro atoms. The Morgan fingerprint density at radius 1 is 1.14 bits per heavy atom. The van der Waals surface area contributed by atoms with E-state index in [1.54, 1.807) is 0 Å². The van der Waals surface area contributed by atoms with Gasteiger partial charge in [0.1, 0.15) is 5.82 Å². The van der Waals surface area contributed by atoms with Gasteiger partial charge in [0.05, 0.1) is 6.04 Å². The third-order valence-electron chi connectivity index (χ3n) is 5.49. The topological polar surface area (TPSA) is 57.5 Å². The Balaban J connectivity index is 1.43. The highest BCUT2D eigenvalue weighted by Gasteiger charge is 2.23. The van der Waals surface area contributed by atoms with Crippen molar-refractivity contribution in [3.63, 3.8) is 0 Å². The summed E-state index contributed by atoms with van der Waals surface area (Å²) in [5.41, 5.74) is 1.38. The summed E-state index contributed by atoms with van der Waals surface area (Å²) in [5, 5.41) is 7.00. The number of benzene rings is 1. The van der Waals surface area contributed by atoms with Crippen molar-refractivity contribution in [3.8, 4) is 0 Å². The van der Waals surface area contributed by atoms with Crippen LogP contribution in [0.5, 0.6) is 0 Å². The minimum atomic E-state index is 0.395.